The molecular formula is C26H22ClF4N3O2. The molecule has 2 unspecified atom stereocenters. The van der Waals surface area contributed by atoms with Crippen molar-refractivity contribution in [2.24, 2.45) is 0 Å². The molecule has 4 aromatic rings. The lowest BCUT2D eigenvalue weighted by Gasteiger charge is -2.49. The topological polar surface area (TPSA) is 70.3 Å². The maximum Gasteiger partial charge on any atom is 0.419 e. The number of phenols is 1. The second-order valence-corrected chi connectivity index (χ2v) is 10.1. The van der Waals surface area contributed by atoms with Crippen LogP contribution in [0.2, 0.25) is 5.02 Å². The van der Waals surface area contributed by atoms with Crippen LogP contribution in [0, 0.1) is 5.82 Å². The largest absolute Gasteiger partial charge is 0.506 e. The molecule has 0 spiro atoms. The molecule has 1 aromatic heterocycles. The second-order valence-electron chi connectivity index (χ2n) is 9.73. The summed E-state index contributed by atoms with van der Waals surface area (Å²) < 4.78 is 57.9. The van der Waals surface area contributed by atoms with Gasteiger partial charge in [-0.05, 0) is 65.9 Å². The SMILES string of the molecule is CC1(C)CC(O)(C(F)(F)F)C(Nc2ccc3c(cnn3-c3ccc(F)cc3)c2)c2ccc(Cl)c(O)c21. The highest BCUT2D eigenvalue weighted by Gasteiger charge is 2.64. The normalized spacial score (nSPS) is 21.4. The highest BCUT2D eigenvalue weighted by Crippen LogP contribution is 2.57. The number of phenolic OH excluding ortho intramolecular Hbond substituents is 1. The monoisotopic (exact) mass is 519 g/mol. The molecule has 0 radical (unpaired) electrons. The fourth-order valence-electron chi connectivity index (χ4n) is 5.19. The van der Waals surface area contributed by atoms with Gasteiger partial charge in [-0.3, -0.25) is 0 Å². The molecule has 36 heavy (non-hydrogen) atoms. The fourth-order valence-corrected chi connectivity index (χ4v) is 5.35. The molecule has 5 rings (SSSR count). The molecule has 1 aliphatic carbocycles. The molecule has 188 valence electrons. The Morgan fingerprint density at radius 3 is 2.44 bits per heavy atom. The number of nitrogens with one attached hydrogen (secondary N) is 1. The van der Waals surface area contributed by atoms with E-state index in [1.807, 2.05) is 0 Å². The van der Waals surface area contributed by atoms with Gasteiger partial charge in [-0.1, -0.05) is 31.5 Å². The minimum absolute atomic E-state index is 0.0210. The van der Waals surface area contributed by atoms with Crippen LogP contribution in [-0.2, 0) is 5.41 Å². The Labute approximate surface area is 208 Å². The summed E-state index contributed by atoms with van der Waals surface area (Å²) in [4.78, 5) is 0. The maximum atomic E-state index is 14.3. The quantitative estimate of drug-likeness (QED) is 0.265. The van der Waals surface area contributed by atoms with Crippen molar-refractivity contribution in [3.63, 3.8) is 0 Å². The van der Waals surface area contributed by atoms with Gasteiger partial charge in [-0.15, -0.1) is 0 Å². The molecule has 1 heterocycles. The van der Waals surface area contributed by atoms with Crippen molar-refractivity contribution in [1.29, 1.82) is 0 Å². The minimum Gasteiger partial charge on any atom is -0.506 e. The van der Waals surface area contributed by atoms with E-state index in [4.69, 9.17) is 11.6 Å². The number of halogens is 5. The van der Waals surface area contributed by atoms with Gasteiger partial charge in [0.1, 0.15) is 11.6 Å². The van der Waals surface area contributed by atoms with Gasteiger partial charge < -0.3 is 15.5 Å². The Balaban J connectivity index is 1.60. The lowest BCUT2D eigenvalue weighted by molar-refractivity contribution is -0.275. The van der Waals surface area contributed by atoms with E-state index in [9.17, 15) is 27.8 Å². The summed E-state index contributed by atoms with van der Waals surface area (Å²) in [5.41, 5.74) is -2.39. The van der Waals surface area contributed by atoms with Gasteiger partial charge in [-0.2, -0.15) is 18.3 Å². The van der Waals surface area contributed by atoms with Crippen LogP contribution in [0.1, 0.15) is 37.4 Å². The van der Waals surface area contributed by atoms with Crippen LogP contribution in [0.15, 0.2) is 60.8 Å². The van der Waals surface area contributed by atoms with Crippen molar-refractivity contribution in [2.45, 2.75) is 43.5 Å². The molecule has 0 fully saturated rings. The number of hydrogen-bond donors (Lipinski definition) is 3. The molecule has 1 aliphatic rings. The van der Waals surface area contributed by atoms with E-state index in [2.05, 4.69) is 10.4 Å². The molecular weight excluding hydrogens is 498 g/mol. The number of aliphatic hydroxyl groups is 1. The number of rotatable bonds is 3. The van der Waals surface area contributed by atoms with Gasteiger partial charge in [-0.25, -0.2) is 9.07 Å². The molecule has 10 heteroatoms. The summed E-state index contributed by atoms with van der Waals surface area (Å²) in [7, 11) is 0. The summed E-state index contributed by atoms with van der Waals surface area (Å²) in [5.74, 6) is -0.687. The van der Waals surface area contributed by atoms with Gasteiger partial charge in [0.05, 0.1) is 28.5 Å². The van der Waals surface area contributed by atoms with Gasteiger partial charge in [0.25, 0.3) is 0 Å². The van der Waals surface area contributed by atoms with Crippen LogP contribution >= 0.6 is 11.6 Å². The molecule has 2 atom stereocenters. The van der Waals surface area contributed by atoms with Crippen molar-refractivity contribution in [3.05, 3.63) is 82.8 Å². The molecule has 0 amide bonds. The standard InChI is InChI=1S/C26H22ClF4N3O2/c1-24(2)13-25(36,26(29,30)31)23(18-8-9-19(27)22(35)21(18)24)33-16-5-10-20-14(11-16)12-32-34(20)17-6-3-15(28)4-7-17/h3-12,23,33,35-36H,13H2,1-2H3. The highest BCUT2D eigenvalue weighted by molar-refractivity contribution is 6.32. The third-order valence-corrected chi connectivity index (χ3v) is 7.08. The summed E-state index contributed by atoms with van der Waals surface area (Å²) in [6.07, 6.45) is -4.11. The minimum atomic E-state index is -4.97. The van der Waals surface area contributed by atoms with Crippen LogP contribution in [0.5, 0.6) is 5.75 Å². The van der Waals surface area contributed by atoms with Crippen LogP contribution in [-0.4, -0.2) is 31.8 Å². The smallest absolute Gasteiger partial charge is 0.419 e. The van der Waals surface area contributed by atoms with E-state index in [1.54, 1.807) is 41.2 Å². The lowest BCUT2D eigenvalue weighted by Crippen LogP contribution is -2.58. The lowest BCUT2D eigenvalue weighted by atomic mass is 9.63. The zero-order valence-corrected chi connectivity index (χ0v) is 20.0. The average Bonchev–Trinajstić information content (AvgIpc) is 3.21. The molecule has 0 aliphatic heterocycles. The predicted molar refractivity (Wildman–Crippen MR) is 129 cm³/mol. The van der Waals surface area contributed by atoms with E-state index >= 15 is 0 Å². The first-order chi connectivity index (χ1) is 16.8. The Kier molecular flexibility index (Phi) is 5.50. The van der Waals surface area contributed by atoms with Crippen LogP contribution in [0.4, 0.5) is 23.2 Å². The van der Waals surface area contributed by atoms with Crippen LogP contribution in [0.3, 0.4) is 0 Å². The summed E-state index contributed by atoms with van der Waals surface area (Å²) in [6, 6.07) is 11.7. The number of nitrogens with zero attached hydrogens (tertiary/aromatic N) is 2. The Morgan fingerprint density at radius 1 is 1.08 bits per heavy atom. The predicted octanol–water partition coefficient (Wildman–Crippen LogP) is 6.65. The van der Waals surface area contributed by atoms with Crippen molar-refractivity contribution in [3.8, 4) is 11.4 Å². The van der Waals surface area contributed by atoms with Crippen molar-refractivity contribution < 1.29 is 27.8 Å². The van der Waals surface area contributed by atoms with Crippen molar-refractivity contribution >= 4 is 28.2 Å². The molecule has 3 aromatic carbocycles. The third-order valence-electron chi connectivity index (χ3n) is 6.78. The fraction of sp³-hybridized carbons (Fsp3) is 0.269. The van der Waals surface area contributed by atoms with E-state index in [0.717, 1.165) is 0 Å². The average molecular weight is 520 g/mol. The number of fused-ring (bicyclic) bond motifs is 2. The van der Waals surface area contributed by atoms with Crippen molar-refractivity contribution in [1.82, 2.24) is 9.78 Å². The molecule has 0 saturated carbocycles. The van der Waals surface area contributed by atoms with Crippen LogP contribution in [0.25, 0.3) is 16.6 Å². The molecule has 0 bridgehead atoms. The van der Waals surface area contributed by atoms with E-state index in [1.165, 1.54) is 38.1 Å². The Hall–Kier alpha value is -3.30. The zero-order valence-electron chi connectivity index (χ0n) is 19.2. The summed E-state index contributed by atoms with van der Waals surface area (Å²) in [5, 5.41) is 29.6. The Morgan fingerprint density at radius 2 is 1.78 bits per heavy atom. The van der Waals surface area contributed by atoms with Crippen LogP contribution < -0.4 is 5.32 Å². The Bertz CT molecular complexity index is 1470. The van der Waals surface area contributed by atoms with E-state index in [0.29, 0.717) is 22.3 Å². The molecule has 3 N–H and O–H groups in total. The number of aromatic hydroxyl groups is 1. The summed E-state index contributed by atoms with van der Waals surface area (Å²) in [6.45, 7) is 3.06. The highest BCUT2D eigenvalue weighted by atomic mass is 35.5. The second kappa shape index (κ2) is 8.11. The third kappa shape index (κ3) is 3.77. The number of benzene rings is 3. The number of hydrogen-bond acceptors (Lipinski definition) is 4. The number of anilines is 1. The van der Waals surface area contributed by atoms with Gasteiger partial charge >= 0.3 is 6.18 Å². The van der Waals surface area contributed by atoms with E-state index in [-0.39, 0.29) is 27.7 Å². The van der Waals surface area contributed by atoms with Crippen molar-refractivity contribution in [2.75, 3.05) is 5.32 Å². The zero-order chi connectivity index (χ0) is 26.0. The van der Waals surface area contributed by atoms with E-state index < -0.39 is 29.7 Å². The number of alkyl halides is 3. The maximum absolute atomic E-state index is 14.3. The van der Waals surface area contributed by atoms with Gasteiger partial charge in [0, 0.05) is 16.6 Å². The first kappa shape index (κ1) is 24.4. The first-order valence-electron chi connectivity index (χ1n) is 11.1. The first-order valence-corrected chi connectivity index (χ1v) is 11.5. The van der Waals surface area contributed by atoms with Gasteiger partial charge in [0.15, 0.2) is 5.60 Å². The molecule has 5 nitrogen and oxygen atoms in total. The number of aromatic nitrogens is 2. The summed E-state index contributed by atoms with van der Waals surface area (Å²) >= 11 is 6.08. The molecule has 0 saturated heterocycles. The van der Waals surface area contributed by atoms with Gasteiger partial charge in [0.2, 0.25) is 0 Å².